The van der Waals surface area contributed by atoms with Crippen LogP contribution in [0, 0.1) is 0 Å². The smallest absolute Gasteiger partial charge is 0.262 e. The van der Waals surface area contributed by atoms with Crippen LogP contribution >= 0.6 is 11.6 Å². The van der Waals surface area contributed by atoms with Gasteiger partial charge in [0, 0.05) is 18.1 Å². The van der Waals surface area contributed by atoms with Gasteiger partial charge in [-0.05, 0) is 30.3 Å². The van der Waals surface area contributed by atoms with E-state index in [9.17, 15) is 4.79 Å². The number of halogens is 1. The summed E-state index contributed by atoms with van der Waals surface area (Å²) < 4.78 is 10.9. The molecule has 0 aliphatic carbocycles. The normalized spacial score (nSPS) is 14.3. The Morgan fingerprint density at radius 1 is 1.17 bits per heavy atom. The van der Waals surface area contributed by atoms with Gasteiger partial charge in [-0.25, -0.2) is 0 Å². The highest BCUT2D eigenvalue weighted by atomic mass is 35.5. The van der Waals surface area contributed by atoms with E-state index in [-0.39, 0.29) is 12.5 Å². The molecule has 2 aromatic rings. The van der Waals surface area contributed by atoms with E-state index in [1.165, 1.54) is 0 Å². The van der Waals surface area contributed by atoms with Crippen molar-refractivity contribution in [3.8, 4) is 5.75 Å². The summed E-state index contributed by atoms with van der Waals surface area (Å²) in [5, 5.41) is 3.46. The number of para-hydroxylation sites is 1. The molecule has 1 N–H and O–H groups in total. The first kappa shape index (κ1) is 16.6. The third-order valence-electron chi connectivity index (χ3n) is 3.70. The molecule has 126 valence electrons. The number of benzene rings is 2. The quantitative estimate of drug-likeness (QED) is 0.903. The van der Waals surface area contributed by atoms with Crippen LogP contribution in [0.5, 0.6) is 5.75 Å². The molecule has 0 bridgehead atoms. The summed E-state index contributed by atoms with van der Waals surface area (Å²) in [7, 11) is 0. The summed E-state index contributed by atoms with van der Waals surface area (Å²) in [4.78, 5) is 14.4. The Balaban J connectivity index is 1.66. The minimum Gasteiger partial charge on any atom is -0.484 e. The van der Waals surface area contributed by atoms with Crippen molar-refractivity contribution >= 4 is 28.9 Å². The molecule has 0 atom stereocenters. The molecule has 0 saturated carbocycles. The summed E-state index contributed by atoms with van der Waals surface area (Å²) >= 11 is 6.09. The average Bonchev–Trinajstić information content (AvgIpc) is 2.62. The summed E-state index contributed by atoms with van der Waals surface area (Å²) in [5.74, 6) is 0.433. The zero-order valence-electron chi connectivity index (χ0n) is 13.2. The van der Waals surface area contributed by atoms with Crippen LogP contribution in [0.15, 0.2) is 48.5 Å². The van der Waals surface area contributed by atoms with E-state index in [2.05, 4.69) is 10.2 Å². The van der Waals surface area contributed by atoms with Crippen molar-refractivity contribution in [1.82, 2.24) is 0 Å². The number of amides is 1. The van der Waals surface area contributed by atoms with Crippen LogP contribution in [0.3, 0.4) is 0 Å². The number of morpholine rings is 1. The van der Waals surface area contributed by atoms with Gasteiger partial charge in [0.15, 0.2) is 6.61 Å². The fraction of sp³-hybridized carbons (Fsp3) is 0.278. The van der Waals surface area contributed by atoms with Crippen molar-refractivity contribution < 1.29 is 14.3 Å². The maximum absolute atomic E-state index is 12.2. The zero-order valence-corrected chi connectivity index (χ0v) is 14.0. The second kappa shape index (κ2) is 8.04. The lowest BCUT2D eigenvalue weighted by Gasteiger charge is -2.30. The van der Waals surface area contributed by atoms with Crippen molar-refractivity contribution in [2.75, 3.05) is 43.1 Å². The van der Waals surface area contributed by atoms with Crippen LogP contribution in [0.25, 0.3) is 0 Å². The average molecular weight is 347 g/mol. The van der Waals surface area contributed by atoms with Gasteiger partial charge in [0.1, 0.15) is 5.75 Å². The summed E-state index contributed by atoms with van der Waals surface area (Å²) in [5.41, 5.74) is 1.63. The molecule has 0 radical (unpaired) electrons. The van der Waals surface area contributed by atoms with E-state index in [1.807, 2.05) is 42.5 Å². The largest absolute Gasteiger partial charge is 0.484 e. The predicted molar refractivity (Wildman–Crippen MR) is 95.1 cm³/mol. The van der Waals surface area contributed by atoms with E-state index in [4.69, 9.17) is 21.1 Å². The van der Waals surface area contributed by atoms with Crippen LogP contribution in [0.1, 0.15) is 0 Å². The summed E-state index contributed by atoms with van der Waals surface area (Å²) in [6.45, 7) is 2.86. The number of ether oxygens (including phenoxy) is 2. The van der Waals surface area contributed by atoms with Crippen LogP contribution in [0.2, 0.25) is 5.02 Å². The Morgan fingerprint density at radius 2 is 1.92 bits per heavy atom. The van der Waals surface area contributed by atoms with E-state index in [0.29, 0.717) is 29.7 Å². The Hall–Kier alpha value is -2.24. The number of carbonyl (C=O) groups excluding carboxylic acids is 1. The van der Waals surface area contributed by atoms with Crippen molar-refractivity contribution in [1.29, 1.82) is 0 Å². The van der Waals surface area contributed by atoms with Crippen LogP contribution < -0.4 is 15.0 Å². The Bertz CT molecular complexity index is 688. The highest BCUT2D eigenvalue weighted by Crippen LogP contribution is 2.29. The van der Waals surface area contributed by atoms with Gasteiger partial charge >= 0.3 is 0 Å². The molecule has 1 heterocycles. The van der Waals surface area contributed by atoms with Crippen molar-refractivity contribution in [3.05, 3.63) is 53.6 Å². The van der Waals surface area contributed by atoms with Crippen molar-refractivity contribution in [3.63, 3.8) is 0 Å². The van der Waals surface area contributed by atoms with Gasteiger partial charge in [0.25, 0.3) is 5.91 Å². The Morgan fingerprint density at radius 3 is 2.67 bits per heavy atom. The molecule has 1 aliphatic heterocycles. The first-order valence-electron chi connectivity index (χ1n) is 7.82. The summed E-state index contributed by atoms with van der Waals surface area (Å²) in [6.07, 6.45) is 0. The third kappa shape index (κ3) is 4.40. The molecule has 1 aliphatic rings. The Labute approximate surface area is 146 Å². The molecule has 5 nitrogen and oxygen atoms in total. The highest BCUT2D eigenvalue weighted by molar-refractivity contribution is 6.31. The molecule has 1 fully saturated rings. The number of carbonyl (C=O) groups is 1. The maximum Gasteiger partial charge on any atom is 0.262 e. The monoisotopic (exact) mass is 346 g/mol. The molecule has 1 amide bonds. The zero-order chi connectivity index (χ0) is 16.8. The van der Waals surface area contributed by atoms with Gasteiger partial charge in [-0.1, -0.05) is 29.8 Å². The highest BCUT2D eigenvalue weighted by Gasteiger charge is 2.16. The van der Waals surface area contributed by atoms with Crippen molar-refractivity contribution in [2.45, 2.75) is 0 Å². The maximum atomic E-state index is 12.2. The number of hydrogen-bond donors (Lipinski definition) is 1. The lowest BCUT2D eigenvalue weighted by molar-refractivity contribution is -0.118. The number of nitrogens with zero attached hydrogens (tertiary/aromatic N) is 1. The van der Waals surface area contributed by atoms with Gasteiger partial charge in [-0.3, -0.25) is 4.79 Å². The van der Waals surface area contributed by atoms with Gasteiger partial charge in [-0.15, -0.1) is 0 Å². The number of anilines is 2. The molecule has 1 saturated heterocycles. The van der Waals surface area contributed by atoms with Gasteiger partial charge in [0.05, 0.1) is 24.6 Å². The number of rotatable bonds is 5. The third-order valence-corrected chi connectivity index (χ3v) is 3.93. The van der Waals surface area contributed by atoms with Gasteiger partial charge in [0.2, 0.25) is 0 Å². The fourth-order valence-corrected chi connectivity index (χ4v) is 2.71. The topological polar surface area (TPSA) is 50.8 Å². The molecule has 0 spiro atoms. The van der Waals surface area contributed by atoms with Gasteiger partial charge < -0.3 is 19.7 Å². The minimum absolute atomic E-state index is 0.0565. The first-order valence-corrected chi connectivity index (χ1v) is 8.20. The van der Waals surface area contributed by atoms with Gasteiger partial charge in [-0.2, -0.15) is 0 Å². The van der Waals surface area contributed by atoms with Crippen LogP contribution in [0.4, 0.5) is 11.4 Å². The van der Waals surface area contributed by atoms with Crippen LogP contribution in [-0.4, -0.2) is 38.8 Å². The van der Waals surface area contributed by atoms with E-state index < -0.39 is 0 Å². The van der Waals surface area contributed by atoms with Crippen LogP contribution in [-0.2, 0) is 9.53 Å². The minimum atomic E-state index is -0.226. The molecule has 3 rings (SSSR count). The molecule has 2 aromatic carbocycles. The predicted octanol–water partition coefficient (Wildman–Crippen LogP) is 3.19. The molecule has 24 heavy (non-hydrogen) atoms. The number of nitrogens with one attached hydrogen (secondary N) is 1. The fourth-order valence-electron chi connectivity index (χ4n) is 2.54. The standard InChI is InChI=1S/C18H19ClN2O3/c19-14-6-7-17(21-8-10-23-11-9-21)16(12-14)20-18(22)13-24-15-4-2-1-3-5-15/h1-7,12H,8-11,13H2,(H,20,22). The summed E-state index contributed by atoms with van der Waals surface area (Å²) in [6, 6.07) is 14.7. The van der Waals surface area contributed by atoms with E-state index in [0.717, 1.165) is 18.8 Å². The lowest BCUT2D eigenvalue weighted by Crippen LogP contribution is -2.37. The lowest BCUT2D eigenvalue weighted by atomic mass is 10.2. The second-order valence-corrected chi connectivity index (χ2v) is 5.85. The SMILES string of the molecule is O=C(COc1ccccc1)Nc1cc(Cl)ccc1N1CCOCC1. The molecule has 0 aromatic heterocycles. The first-order chi connectivity index (χ1) is 11.7. The number of hydrogen-bond acceptors (Lipinski definition) is 4. The van der Waals surface area contributed by atoms with Crippen molar-refractivity contribution in [2.24, 2.45) is 0 Å². The molecular weight excluding hydrogens is 328 g/mol. The molecule has 0 unspecified atom stereocenters. The Kier molecular flexibility index (Phi) is 5.56. The van der Waals surface area contributed by atoms with E-state index >= 15 is 0 Å². The molecule has 6 heteroatoms. The van der Waals surface area contributed by atoms with E-state index in [1.54, 1.807) is 6.07 Å². The second-order valence-electron chi connectivity index (χ2n) is 5.41. The molecular formula is C18H19ClN2O3.